The SMILES string of the molecule is CC(C)C(C)N1CC(O)CC1C. The Labute approximate surface area is 75.6 Å². The molecule has 1 fully saturated rings. The minimum absolute atomic E-state index is 0.0961. The van der Waals surface area contributed by atoms with Gasteiger partial charge < -0.3 is 5.11 Å². The zero-order chi connectivity index (χ0) is 9.30. The molecular formula is C10H21NO. The highest BCUT2D eigenvalue weighted by molar-refractivity contribution is 4.86. The van der Waals surface area contributed by atoms with Crippen molar-refractivity contribution >= 4 is 0 Å². The van der Waals surface area contributed by atoms with E-state index in [4.69, 9.17) is 0 Å². The first-order chi connectivity index (χ1) is 5.52. The molecule has 12 heavy (non-hydrogen) atoms. The van der Waals surface area contributed by atoms with Crippen molar-refractivity contribution in [1.29, 1.82) is 0 Å². The van der Waals surface area contributed by atoms with Crippen LogP contribution in [0.5, 0.6) is 0 Å². The maximum atomic E-state index is 9.46. The molecule has 0 aliphatic carbocycles. The third-order valence-electron chi connectivity index (χ3n) is 3.09. The normalized spacial score (nSPS) is 34.5. The van der Waals surface area contributed by atoms with E-state index < -0.39 is 0 Å². The summed E-state index contributed by atoms with van der Waals surface area (Å²) in [4.78, 5) is 2.41. The molecule has 1 rings (SSSR count). The van der Waals surface area contributed by atoms with Crippen LogP contribution in [0.25, 0.3) is 0 Å². The van der Waals surface area contributed by atoms with Gasteiger partial charge in [0.2, 0.25) is 0 Å². The van der Waals surface area contributed by atoms with Gasteiger partial charge in [-0.2, -0.15) is 0 Å². The van der Waals surface area contributed by atoms with Gasteiger partial charge >= 0.3 is 0 Å². The van der Waals surface area contributed by atoms with Crippen LogP contribution < -0.4 is 0 Å². The van der Waals surface area contributed by atoms with Gasteiger partial charge in [0.25, 0.3) is 0 Å². The van der Waals surface area contributed by atoms with Crippen molar-refractivity contribution in [3.8, 4) is 0 Å². The number of hydrogen-bond donors (Lipinski definition) is 1. The summed E-state index contributed by atoms with van der Waals surface area (Å²) < 4.78 is 0. The van der Waals surface area contributed by atoms with Gasteiger partial charge in [0, 0.05) is 18.6 Å². The summed E-state index contributed by atoms with van der Waals surface area (Å²) in [7, 11) is 0. The van der Waals surface area contributed by atoms with Crippen LogP contribution in [0.4, 0.5) is 0 Å². The molecule has 72 valence electrons. The van der Waals surface area contributed by atoms with Crippen molar-refractivity contribution in [3.05, 3.63) is 0 Å². The fraction of sp³-hybridized carbons (Fsp3) is 1.00. The lowest BCUT2D eigenvalue weighted by Crippen LogP contribution is -2.39. The highest BCUT2D eigenvalue weighted by Crippen LogP contribution is 2.23. The van der Waals surface area contributed by atoms with E-state index in [1.165, 1.54) is 0 Å². The zero-order valence-electron chi connectivity index (χ0n) is 8.62. The van der Waals surface area contributed by atoms with Gasteiger partial charge in [-0.15, -0.1) is 0 Å². The summed E-state index contributed by atoms with van der Waals surface area (Å²) in [5.41, 5.74) is 0. The van der Waals surface area contributed by atoms with Crippen LogP contribution in [0, 0.1) is 5.92 Å². The third-order valence-corrected chi connectivity index (χ3v) is 3.09. The highest BCUT2D eigenvalue weighted by atomic mass is 16.3. The third kappa shape index (κ3) is 1.99. The molecule has 1 N–H and O–H groups in total. The molecule has 3 unspecified atom stereocenters. The zero-order valence-corrected chi connectivity index (χ0v) is 8.62. The number of β-amino-alcohol motifs (C(OH)–C–C–N with tert-alkyl or cyclic N) is 1. The average Bonchev–Trinajstić information content (AvgIpc) is 2.28. The van der Waals surface area contributed by atoms with Crippen LogP contribution in [0.1, 0.15) is 34.1 Å². The van der Waals surface area contributed by atoms with Crippen molar-refractivity contribution < 1.29 is 5.11 Å². The van der Waals surface area contributed by atoms with Crippen LogP contribution >= 0.6 is 0 Å². The molecular weight excluding hydrogens is 150 g/mol. The Morgan fingerprint density at radius 1 is 1.33 bits per heavy atom. The average molecular weight is 171 g/mol. The molecule has 0 saturated carbocycles. The molecule has 0 aromatic carbocycles. The molecule has 0 radical (unpaired) electrons. The molecule has 1 aliphatic rings. The summed E-state index contributed by atoms with van der Waals surface area (Å²) in [6, 6.07) is 1.15. The second-order valence-corrected chi connectivity index (χ2v) is 4.42. The van der Waals surface area contributed by atoms with Gasteiger partial charge in [0.1, 0.15) is 0 Å². The van der Waals surface area contributed by atoms with Crippen LogP contribution in [0.3, 0.4) is 0 Å². The smallest absolute Gasteiger partial charge is 0.0682 e. The number of hydrogen-bond acceptors (Lipinski definition) is 2. The fourth-order valence-electron chi connectivity index (χ4n) is 1.98. The van der Waals surface area contributed by atoms with Crippen LogP contribution in [0.2, 0.25) is 0 Å². The first-order valence-corrected chi connectivity index (χ1v) is 4.96. The molecule has 0 spiro atoms. The van der Waals surface area contributed by atoms with Crippen molar-refractivity contribution in [2.75, 3.05) is 6.54 Å². The van der Waals surface area contributed by atoms with Gasteiger partial charge in [-0.1, -0.05) is 13.8 Å². The van der Waals surface area contributed by atoms with Crippen molar-refractivity contribution in [1.82, 2.24) is 4.90 Å². The monoisotopic (exact) mass is 171 g/mol. The van der Waals surface area contributed by atoms with Gasteiger partial charge in [-0.25, -0.2) is 0 Å². The molecule has 2 heteroatoms. The summed E-state index contributed by atoms with van der Waals surface area (Å²) in [5.74, 6) is 0.678. The maximum Gasteiger partial charge on any atom is 0.0682 e. The van der Waals surface area contributed by atoms with Crippen molar-refractivity contribution in [2.45, 2.75) is 52.3 Å². The van der Waals surface area contributed by atoms with E-state index >= 15 is 0 Å². The predicted octanol–water partition coefficient (Wildman–Crippen LogP) is 1.49. The van der Waals surface area contributed by atoms with Gasteiger partial charge in [-0.05, 0) is 26.2 Å². The van der Waals surface area contributed by atoms with E-state index in [-0.39, 0.29) is 6.10 Å². The number of nitrogens with zero attached hydrogens (tertiary/aromatic N) is 1. The Bertz CT molecular complexity index is 147. The Kier molecular flexibility index (Phi) is 3.13. The lowest BCUT2D eigenvalue weighted by Gasteiger charge is -2.31. The maximum absolute atomic E-state index is 9.46. The van der Waals surface area contributed by atoms with E-state index in [0.29, 0.717) is 18.0 Å². The Morgan fingerprint density at radius 3 is 2.25 bits per heavy atom. The molecule has 3 atom stereocenters. The first kappa shape index (κ1) is 10.0. The molecule has 0 aromatic rings. The minimum Gasteiger partial charge on any atom is -0.392 e. The van der Waals surface area contributed by atoms with Gasteiger partial charge in [0.05, 0.1) is 6.10 Å². The standard InChI is InChI=1S/C10H21NO/c1-7(2)9(4)11-6-10(12)5-8(11)3/h7-10,12H,5-6H2,1-4H3. The molecule has 1 heterocycles. The second kappa shape index (κ2) is 3.75. The lowest BCUT2D eigenvalue weighted by atomic mass is 10.0. The Morgan fingerprint density at radius 2 is 1.92 bits per heavy atom. The van der Waals surface area contributed by atoms with Crippen molar-refractivity contribution in [3.63, 3.8) is 0 Å². The number of rotatable bonds is 2. The van der Waals surface area contributed by atoms with E-state index in [9.17, 15) is 5.11 Å². The Balaban J connectivity index is 2.51. The second-order valence-electron chi connectivity index (χ2n) is 4.42. The van der Waals surface area contributed by atoms with E-state index in [0.717, 1.165) is 13.0 Å². The number of aliphatic hydroxyl groups excluding tert-OH is 1. The molecule has 2 nitrogen and oxygen atoms in total. The van der Waals surface area contributed by atoms with E-state index in [2.05, 4.69) is 32.6 Å². The highest BCUT2D eigenvalue weighted by Gasteiger charge is 2.31. The molecule has 1 aliphatic heterocycles. The lowest BCUT2D eigenvalue weighted by molar-refractivity contribution is 0.134. The topological polar surface area (TPSA) is 23.5 Å². The first-order valence-electron chi connectivity index (χ1n) is 4.96. The molecule has 0 bridgehead atoms. The largest absolute Gasteiger partial charge is 0.392 e. The van der Waals surface area contributed by atoms with Crippen LogP contribution in [-0.4, -0.2) is 34.7 Å². The molecule has 0 aromatic heterocycles. The summed E-state index contributed by atoms with van der Waals surface area (Å²) >= 11 is 0. The van der Waals surface area contributed by atoms with E-state index in [1.807, 2.05) is 0 Å². The fourth-order valence-corrected chi connectivity index (χ4v) is 1.98. The summed E-state index contributed by atoms with van der Waals surface area (Å²) in [6.45, 7) is 9.79. The van der Waals surface area contributed by atoms with Gasteiger partial charge in [0.15, 0.2) is 0 Å². The predicted molar refractivity (Wildman–Crippen MR) is 51.1 cm³/mol. The van der Waals surface area contributed by atoms with Crippen LogP contribution in [-0.2, 0) is 0 Å². The van der Waals surface area contributed by atoms with E-state index in [1.54, 1.807) is 0 Å². The van der Waals surface area contributed by atoms with Gasteiger partial charge in [-0.3, -0.25) is 4.90 Å². The minimum atomic E-state index is -0.0961. The number of aliphatic hydroxyl groups is 1. The molecule has 1 saturated heterocycles. The van der Waals surface area contributed by atoms with Crippen molar-refractivity contribution in [2.24, 2.45) is 5.92 Å². The molecule has 0 amide bonds. The Hall–Kier alpha value is -0.0800. The van der Waals surface area contributed by atoms with Crippen LogP contribution in [0.15, 0.2) is 0 Å². The summed E-state index contributed by atoms with van der Waals surface area (Å²) in [6.07, 6.45) is 0.845. The quantitative estimate of drug-likeness (QED) is 0.680. The number of likely N-dealkylation sites (tertiary alicyclic amines) is 1. The summed E-state index contributed by atoms with van der Waals surface area (Å²) in [5, 5.41) is 9.46.